The fraction of sp³-hybridized carbons (Fsp3) is 0.294. The van der Waals surface area contributed by atoms with Crippen molar-refractivity contribution in [2.45, 2.75) is 33.4 Å². The lowest BCUT2D eigenvalue weighted by Gasteiger charge is -2.17. The third-order valence-electron chi connectivity index (χ3n) is 3.59. The van der Waals surface area contributed by atoms with Gasteiger partial charge in [-0.25, -0.2) is 0 Å². The first-order valence-corrected chi connectivity index (χ1v) is 7.61. The Morgan fingerprint density at radius 3 is 2.29 bits per heavy atom. The molecule has 0 radical (unpaired) electrons. The maximum absolute atomic E-state index is 9.80. The van der Waals surface area contributed by atoms with E-state index in [0.717, 1.165) is 22.3 Å². The number of phenols is 1. The molecule has 0 aliphatic carbocycles. The summed E-state index contributed by atoms with van der Waals surface area (Å²) < 4.78 is 0. The van der Waals surface area contributed by atoms with Crippen LogP contribution >= 0.6 is 23.2 Å². The summed E-state index contributed by atoms with van der Waals surface area (Å²) in [6.07, 6.45) is 0. The van der Waals surface area contributed by atoms with Crippen molar-refractivity contribution in [3.05, 3.63) is 62.6 Å². The molecular formula is C17H19Cl2NO. The Bertz CT molecular complexity index is 632. The monoisotopic (exact) mass is 323 g/mol. The second kappa shape index (κ2) is 6.69. The highest BCUT2D eigenvalue weighted by Gasteiger charge is 2.10. The molecule has 2 nitrogen and oxygen atoms in total. The van der Waals surface area contributed by atoms with Gasteiger partial charge in [0.05, 0.1) is 0 Å². The largest absolute Gasteiger partial charge is 0.507 e. The maximum atomic E-state index is 9.80. The molecule has 0 saturated heterocycles. The second-order valence-corrected chi connectivity index (χ2v) is 6.19. The summed E-state index contributed by atoms with van der Waals surface area (Å²) in [5.74, 6) is 0.368. The van der Waals surface area contributed by atoms with Gasteiger partial charge in [0.2, 0.25) is 0 Å². The lowest BCUT2D eigenvalue weighted by atomic mass is 10.0. The van der Waals surface area contributed by atoms with Gasteiger partial charge in [0.15, 0.2) is 0 Å². The molecule has 4 heteroatoms. The summed E-state index contributed by atoms with van der Waals surface area (Å²) in [5.41, 5.74) is 3.95. The standard InChI is InChI=1S/C17H19Cl2NO/c1-10-6-13(7-11(2)17(10)21)9-20-12(3)15-5-4-14(18)8-16(15)19/h4-8,12,20-21H,9H2,1-3H3. The summed E-state index contributed by atoms with van der Waals surface area (Å²) in [7, 11) is 0. The van der Waals surface area contributed by atoms with Crippen LogP contribution in [0.25, 0.3) is 0 Å². The number of aryl methyl sites for hydroxylation is 2. The van der Waals surface area contributed by atoms with E-state index in [-0.39, 0.29) is 6.04 Å². The number of phenolic OH excluding ortho intramolecular Hbond substituents is 1. The first-order chi connectivity index (χ1) is 9.88. The van der Waals surface area contributed by atoms with Gasteiger partial charge >= 0.3 is 0 Å². The number of nitrogens with one attached hydrogen (secondary N) is 1. The van der Waals surface area contributed by atoms with Crippen molar-refractivity contribution in [2.75, 3.05) is 0 Å². The van der Waals surface area contributed by atoms with Crippen molar-refractivity contribution in [2.24, 2.45) is 0 Å². The van der Waals surface area contributed by atoms with Crippen molar-refractivity contribution in [3.63, 3.8) is 0 Å². The number of hydrogen-bond acceptors (Lipinski definition) is 2. The highest BCUT2D eigenvalue weighted by atomic mass is 35.5. The van der Waals surface area contributed by atoms with Crippen LogP contribution in [0.4, 0.5) is 0 Å². The van der Waals surface area contributed by atoms with Gasteiger partial charge in [-0.15, -0.1) is 0 Å². The van der Waals surface area contributed by atoms with Crippen LogP contribution in [0.15, 0.2) is 30.3 Å². The zero-order valence-corrected chi connectivity index (χ0v) is 13.9. The maximum Gasteiger partial charge on any atom is 0.121 e. The Morgan fingerprint density at radius 1 is 1.10 bits per heavy atom. The van der Waals surface area contributed by atoms with Gasteiger partial charge in [-0.1, -0.05) is 41.4 Å². The predicted octanol–water partition coefficient (Wildman–Crippen LogP) is 5.17. The van der Waals surface area contributed by atoms with E-state index in [4.69, 9.17) is 23.2 Å². The molecule has 1 unspecified atom stereocenters. The molecule has 0 saturated carbocycles. The first kappa shape index (κ1) is 16.2. The van der Waals surface area contributed by atoms with Gasteiger partial charge in [0, 0.05) is 22.6 Å². The highest BCUT2D eigenvalue weighted by molar-refractivity contribution is 6.35. The molecule has 21 heavy (non-hydrogen) atoms. The van der Waals surface area contributed by atoms with Crippen LogP contribution in [-0.2, 0) is 6.54 Å². The number of halogens is 2. The minimum Gasteiger partial charge on any atom is -0.507 e. The fourth-order valence-corrected chi connectivity index (χ4v) is 2.95. The normalized spacial score (nSPS) is 12.4. The van der Waals surface area contributed by atoms with Crippen LogP contribution in [0, 0.1) is 13.8 Å². The summed E-state index contributed by atoms with van der Waals surface area (Å²) >= 11 is 12.1. The Balaban J connectivity index is 2.09. The molecule has 1 atom stereocenters. The molecule has 0 aliphatic heterocycles. The summed E-state index contributed by atoms with van der Waals surface area (Å²) in [5, 5.41) is 14.5. The molecule has 2 aromatic rings. The molecule has 0 spiro atoms. The summed E-state index contributed by atoms with van der Waals surface area (Å²) in [4.78, 5) is 0. The van der Waals surface area contributed by atoms with E-state index in [2.05, 4.69) is 12.2 Å². The third-order valence-corrected chi connectivity index (χ3v) is 4.15. The van der Waals surface area contributed by atoms with Crippen LogP contribution in [0.1, 0.15) is 35.2 Å². The predicted molar refractivity (Wildman–Crippen MR) is 89.3 cm³/mol. The van der Waals surface area contributed by atoms with E-state index >= 15 is 0 Å². The van der Waals surface area contributed by atoms with E-state index in [1.807, 2.05) is 38.1 Å². The van der Waals surface area contributed by atoms with Crippen LogP contribution in [0.3, 0.4) is 0 Å². The average molecular weight is 324 g/mol. The molecule has 2 rings (SSSR count). The molecule has 0 fully saturated rings. The zero-order chi connectivity index (χ0) is 15.6. The average Bonchev–Trinajstić information content (AvgIpc) is 2.42. The van der Waals surface area contributed by atoms with Crippen LogP contribution < -0.4 is 5.32 Å². The molecule has 2 aromatic carbocycles. The fourth-order valence-electron chi connectivity index (χ4n) is 2.38. The zero-order valence-electron chi connectivity index (χ0n) is 12.4. The molecular weight excluding hydrogens is 305 g/mol. The topological polar surface area (TPSA) is 32.3 Å². The molecule has 0 heterocycles. The van der Waals surface area contributed by atoms with Gasteiger partial charge < -0.3 is 10.4 Å². The van der Waals surface area contributed by atoms with Crippen LogP contribution in [0.5, 0.6) is 5.75 Å². The number of aromatic hydroxyl groups is 1. The van der Waals surface area contributed by atoms with Crippen molar-refractivity contribution in [1.29, 1.82) is 0 Å². The van der Waals surface area contributed by atoms with E-state index in [9.17, 15) is 5.11 Å². The van der Waals surface area contributed by atoms with Gasteiger partial charge in [-0.05, 0) is 55.2 Å². The summed E-state index contributed by atoms with van der Waals surface area (Å²) in [6, 6.07) is 9.64. The molecule has 0 bridgehead atoms. The Hall–Kier alpha value is -1.22. The van der Waals surface area contributed by atoms with Crippen molar-refractivity contribution < 1.29 is 5.11 Å². The van der Waals surface area contributed by atoms with Crippen LogP contribution in [-0.4, -0.2) is 5.11 Å². The minimum absolute atomic E-state index is 0.115. The lowest BCUT2D eigenvalue weighted by molar-refractivity contribution is 0.466. The number of rotatable bonds is 4. The second-order valence-electron chi connectivity index (χ2n) is 5.35. The molecule has 112 valence electrons. The van der Waals surface area contributed by atoms with Gasteiger partial charge in [-0.2, -0.15) is 0 Å². The molecule has 2 N–H and O–H groups in total. The Kier molecular flexibility index (Phi) is 5.15. The van der Waals surface area contributed by atoms with Crippen molar-refractivity contribution in [1.82, 2.24) is 5.32 Å². The number of hydrogen-bond donors (Lipinski definition) is 2. The lowest BCUT2D eigenvalue weighted by Crippen LogP contribution is -2.18. The first-order valence-electron chi connectivity index (χ1n) is 6.86. The van der Waals surface area contributed by atoms with Gasteiger partial charge in [-0.3, -0.25) is 0 Å². The molecule has 0 aliphatic rings. The van der Waals surface area contributed by atoms with E-state index in [0.29, 0.717) is 22.3 Å². The summed E-state index contributed by atoms with van der Waals surface area (Å²) in [6.45, 7) is 6.59. The quantitative estimate of drug-likeness (QED) is 0.813. The Morgan fingerprint density at radius 2 is 1.71 bits per heavy atom. The van der Waals surface area contributed by atoms with Crippen molar-refractivity contribution in [3.8, 4) is 5.75 Å². The third kappa shape index (κ3) is 3.91. The Labute approximate surface area is 135 Å². The molecule has 0 amide bonds. The van der Waals surface area contributed by atoms with Gasteiger partial charge in [0.1, 0.15) is 5.75 Å². The van der Waals surface area contributed by atoms with Crippen LogP contribution in [0.2, 0.25) is 10.0 Å². The highest BCUT2D eigenvalue weighted by Crippen LogP contribution is 2.27. The van der Waals surface area contributed by atoms with E-state index in [1.165, 1.54) is 0 Å². The minimum atomic E-state index is 0.115. The smallest absolute Gasteiger partial charge is 0.121 e. The van der Waals surface area contributed by atoms with E-state index in [1.54, 1.807) is 6.07 Å². The van der Waals surface area contributed by atoms with E-state index < -0.39 is 0 Å². The van der Waals surface area contributed by atoms with Crippen molar-refractivity contribution >= 4 is 23.2 Å². The SMILES string of the molecule is Cc1cc(CNC(C)c2ccc(Cl)cc2Cl)cc(C)c1O. The van der Waals surface area contributed by atoms with Gasteiger partial charge in [0.25, 0.3) is 0 Å². The molecule has 0 aromatic heterocycles. The number of benzene rings is 2.